The highest BCUT2D eigenvalue weighted by Gasteiger charge is 2.33. The number of alkyl halides is 3. The van der Waals surface area contributed by atoms with Gasteiger partial charge in [-0.2, -0.15) is 13.2 Å². The summed E-state index contributed by atoms with van der Waals surface area (Å²) in [4.78, 5) is 6.46. The van der Waals surface area contributed by atoms with E-state index in [1.54, 1.807) is 12.4 Å². The lowest BCUT2D eigenvalue weighted by Gasteiger charge is -2.15. The molecule has 2 aromatic rings. The summed E-state index contributed by atoms with van der Waals surface area (Å²) in [6.07, 6.45) is -1.75. The molecule has 0 aromatic heterocycles. The highest BCUT2D eigenvalue weighted by Crippen LogP contribution is 2.38. The molecule has 0 N–H and O–H groups in total. The van der Waals surface area contributed by atoms with Crippen molar-refractivity contribution in [1.29, 1.82) is 0 Å². The fourth-order valence-corrected chi connectivity index (χ4v) is 2.73. The molecule has 0 spiro atoms. The third kappa shape index (κ3) is 5.63. The normalized spacial score (nSPS) is 11.9. The van der Waals surface area contributed by atoms with Crippen LogP contribution in [0.4, 0.5) is 18.9 Å². The van der Waals surface area contributed by atoms with Crippen LogP contribution in [-0.4, -0.2) is 24.8 Å². The second-order valence-corrected chi connectivity index (χ2v) is 6.78. The molecule has 2 rings (SSSR count). The van der Waals surface area contributed by atoms with Gasteiger partial charge in [0.05, 0.1) is 22.6 Å². The Morgan fingerprint density at radius 3 is 2.48 bits per heavy atom. The molecule has 2 aromatic carbocycles. The predicted molar refractivity (Wildman–Crippen MR) is 104 cm³/mol. The number of benzene rings is 2. The fraction of sp³-hybridized carbons (Fsp3) is 0.350. The van der Waals surface area contributed by atoms with Gasteiger partial charge in [0.15, 0.2) is 0 Å². The summed E-state index contributed by atoms with van der Waals surface area (Å²) < 4.78 is 44.7. The summed E-state index contributed by atoms with van der Waals surface area (Å²) in [5.41, 5.74) is 1.50. The van der Waals surface area contributed by atoms with E-state index in [1.807, 2.05) is 31.9 Å². The van der Waals surface area contributed by atoms with Gasteiger partial charge in [-0.1, -0.05) is 18.5 Å². The van der Waals surface area contributed by atoms with Gasteiger partial charge in [0.1, 0.15) is 11.5 Å². The van der Waals surface area contributed by atoms with Crippen LogP contribution in [0.1, 0.15) is 30.0 Å². The van der Waals surface area contributed by atoms with Gasteiger partial charge in [-0.05, 0) is 61.7 Å². The van der Waals surface area contributed by atoms with Gasteiger partial charge in [-0.25, -0.2) is 4.99 Å². The average molecular weight is 399 g/mol. The zero-order valence-electron chi connectivity index (χ0n) is 15.7. The Morgan fingerprint density at radius 1 is 1.15 bits per heavy atom. The molecule has 146 valence electrons. The molecule has 0 atom stereocenters. The van der Waals surface area contributed by atoms with Gasteiger partial charge < -0.3 is 9.64 Å². The average Bonchev–Trinajstić information content (AvgIpc) is 2.57. The fourth-order valence-electron chi connectivity index (χ4n) is 2.51. The zero-order chi connectivity index (χ0) is 20.2. The van der Waals surface area contributed by atoms with E-state index in [9.17, 15) is 13.2 Å². The molecule has 0 saturated heterocycles. The first kappa shape index (κ1) is 21.1. The van der Waals surface area contributed by atoms with Crippen LogP contribution < -0.4 is 4.74 Å². The van der Waals surface area contributed by atoms with Crippen molar-refractivity contribution in [3.05, 3.63) is 52.0 Å². The molecule has 27 heavy (non-hydrogen) atoms. The molecule has 0 radical (unpaired) electrons. The first-order valence-electron chi connectivity index (χ1n) is 8.52. The zero-order valence-corrected chi connectivity index (χ0v) is 16.4. The van der Waals surface area contributed by atoms with E-state index >= 15 is 0 Å². The van der Waals surface area contributed by atoms with E-state index in [0.717, 1.165) is 35.8 Å². The molecule has 0 bridgehead atoms. The standard InChI is InChI=1S/C20H22ClF3N2O/c1-5-8-26(4)12-25-18-9-14(3)19(10-13(18)2)27-15-6-7-17(21)16(11-15)20(22,23)24/h6-7,9-12H,5,8H2,1-4H3/b25-12+. The number of hydrogen-bond acceptors (Lipinski definition) is 2. The molecular weight excluding hydrogens is 377 g/mol. The Morgan fingerprint density at radius 2 is 1.85 bits per heavy atom. The van der Waals surface area contributed by atoms with Gasteiger partial charge in [0.2, 0.25) is 0 Å². The van der Waals surface area contributed by atoms with Crippen molar-refractivity contribution in [1.82, 2.24) is 4.90 Å². The molecular formula is C20H22ClF3N2O. The van der Waals surface area contributed by atoms with E-state index in [4.69, 9.17) is 16.3 Å². The number of nitrogens with zero attached hydrogens (tertiary/aromatic N) is 2. The molecule has 0 aliphatic carbocycles. The maximum Gasteiger partial charge on any atom is 0.417 e. The van der Waals surface area contributed by atoms with Crippen LogP contribution in [0.5, 0.6) is 11.5 Å². The minimum atomic E-state index is -4.54. The molecule has 0 unspecified atom stereocenters. The van der Waals surface area contributed by atoms with Gasteiger partial charge in [0, 0.05) is 13.6 Å². The molecule has 0 aliphatic rings. The minimum Gasteiger partial charge on any atom is -0.457 e. The van der Waals surface area contributed by atoms with Crippen LogP contribution in [0.15, 0.2) is 35.3 Å². The second kappa shape index (κ2) is 8.65. The number of hydrogen-bond donors (Lipinski definition) is 0. The SMILES string of the molecule is CCCN(C)/C=N/c1cc(C)c(Oc2ccc(Cl)c(C(F)(F)F)c2)cc1C. The first-order chi connectivity index (χ1) is 12.6. The minimum absolute atomic E-state index is 0.0770. The monoisotopic (exact) mass is 398 g/mol. The number of aliphatic imine (C=N–C) groups is 1. The van der Waals surface area contributed by atoms with E-state index in [1.165, 1.54) is 12.1 Å². The summed E-state index contributed by atoms with van der Waals surface area (Å²) in [5, 5.41) is -0.358. The van der Waals surface area contributed by atoms with Crippen LogP contribution in [-0.2, 0) is 6.18 Å². The summed E-state index contributed by atoms with van der Waals surface area (Å²) in [6.45, 7) is 6.69. The van der Waals surface area contributed by atoms with Gasteiger partial charge in [-0.15, -0.1) is 0 Å². The molecule has 0 amide bonds. The number of halogens is 4. The Bertz CT molecular complexity index is 835. The molecule has 0 aliphatic heterocycles. The van der Waals surface area contributed by atoms with E-state index in [0.29, 0.717) is 5.75 Å². The largest absolute Gasteiger partial charge is 0.457 e. The van der Waals surface area contributed by atoms with Crippen LogP contribution in [0.3, 0.4) is 0 Å². The van der Waals surface area contributed by atoms with Crippen molar-refractivity contribution in [2.45, 2.75) is 33.4 Å². The lowest BCUT2D eigenvalue weighted by Crippen LogP contribution is -2.16. The van der Waals surface area contributed by atoms with Gasteiger partial charge in [-0.3, -0.25) is 0 Å². The van der Waals surface area contributed by atoms with Crippen molar-refractivity contribution in [2.24, 2.45) is 4.99 Å². The van der Waals surface area contributed by atoms with E-state index in [2.05, 4.69) is 11.9 Å². The number of aryl methyl sites for hydroxylation is 2. The highest BCUT2D eigenvalue weighted by molar-refractivity contribution is 6.31. The molecule has 7 heteroatoms. The third-order valence-electron chi connectivity index (χ3n) is 3.93. The summed E-state index contributed by atoms with van der Waals surface area (Å²) in [7, 11) is 1.95. The molecule has 0 heterocycles. The van der Waals surface area contributed by atoms with Crippen molar-refractivity contribution in [3.63, 3.8) is 0 Å². The second-order valence-electron chi connectivity index (χ2n) is 6.37. The van der Waals surface area contributed by atoms with Gasteiger partial charge in [0.25, 0.3) is 0 Å². The van der Waals surface area contributed by atoms with Crippen LogP contribution in [0, 0.1) is 13.8 Å². The topological polar surface area (TPSA) is 24.8 Å². The van der Waals surface area contributed by atoms with Crippen LogP contribution >= 0.6 is 11.6 Å². The predicted octanol–water partition coefficient (Wildman–Crippen LogP) is 6.77. The maximum absolute atomic E-state index is 13.0. The van der Waals surface area contributed by atoms with E-state index in [-0.39, 0.29) is 10.8 Å². The molecule has 0 fully saturated rings. The number of ether oxygens (including phenoxy) is 1. The first-order valence-corrected chi connectivity index (χ1v) is 8.90. The molecule has 3 nitrogen and oxygen atoms in total. The van der Waals surface area contributed by atoms with E-state index < -0.39 is 11.7 Å². The lowest BCUT2D eigenvalue weighted by molar-refractivity contribution is -0.137. The van der Waals surface area contributed by atoms with Crippen molar-refractivity contribution in [2.75, 3.05) is 13.6 Å². The van der Waals surface area contributed by atoms with Crippen LogP contribution in [0.2, 0.25) is 5.02 Å². The van der Waals surface area contributed by atoms with Crippen molar-refractivity contribution >= 4 is 23.6 Å². The summed E-state index contributed by atoms with van der Waals surface area (Å²) in [5.74, 6) is 0.553. The Balaban J connectivity index is 2.27. The maximum atomic E-state index is 13.0. The smallest absolute Gasteiger partial charge is 0.417 e. The quantitative estimate of drug-likeness (QED) is 0.396. The summed E-state index contributed by atoms with van der Waals surface area (Å²) in [6, 6.07) is 7.12. The lowest BCUT2D eigenvalue weighted by atomic mass is 10.1. The summed E-state index contributed by atoms with van der Waals surface area (Å²) >= 11 is 5.65. The van der Waals surface area contributed by atoms with Gasteiger partial charge >= 0.3 is 6.18 Å². The Hall–Kier alpha value is -2.21. The number of rotatable bonds is 6. The third-order valence-corrected chi connectivity index (χ3v) is 4.26. The Labute approximate surface area is 162 Å². The van der Waals surface area contributed by atoms with Crippen molar-refractivity contribution in [3.8, 4) is 11.5 Å². The van der Waals surface area contributed by atoms with Crippen LogP contribution in [0.25, 0.3) is 0 Å². The van der Waals surface area contributed by atoms with Crippen molar-refractivity contribution < 1.29 is 17.9 Å². The highest BCUT2D eigenvalue weighted by atomic mass is 35.5. The molecule has 0 saturated carbocycles. The Kier molecular flexibility index (Phi) is 6.76.